The number of rotatable bonds is 7. The van der Waals surface area contributed by atoms with Crippen LogP contribution in [0.4, 0.5) is 0 Å². The van der Waals surface area contributed by atoms with Crippen molar-refractivity contribution in [2.24, 2.45) is 0 Å². The zero-order chi connectivity index (χ0) is 14.3. The summed E-state index contributed by atoms with van der Waals surface area (Å²) in [6.45, 7) is 3.14. The largest absolute Gasteiger partial charge is 0.465 e. The molecule has 0 heterocycles. The molecule has 0 radical (unpaired) electrons. The number of nitrogens with one attached hydrogen (secondary N) is 1. The molecule has 6 heteroatoms. The minimum Gasteiger partial charge on any atom is -0.465 e. The number of hydrogen-bond donors (Lipinski definition) is 1. The minimum absolute atomic E-state index is 0.329. The lowest BCUT2D eigenvalue weighted by atomic mass is 10.1. The molecular formula is C13H17BrClNO3. The van der Waals surface area contributed by atoms with Crippen LogP contribution in [0.5, 0.6) is 0 Å². The Hall–Kier alpha value is -0.620. The first-order chi connectivity index (χ1) is 9.10. The average molecular weight is 351 g/mol. The second-order valence-corrected chi connectivity index (χ2v) is 5.12. The smallest absolute Gasteiger partial charge is 0.327 e. The predicted octanol–water partition coefficient (Wildman–Crippen LogP) is 2.94. The van der Waals surface area contributed by atoms with Gasteiger partial charge in [0.05, 0.1) is 13.2 Å². The van der Waals surface area contributed by atoms with E-state index in [1.807, 2.05) is 6.07 Å². The summed E-state index contributed by atoms with van der Waals surface area (Å²) in [5.74, 6) is -0.345. The number of benzene rings is 1. The van der Waals surface area contributed by atoms with Crippen molar-refractivity contribution in [1.29, 1.82) is 0 Å². The molecule has 0 aliphatic heterocycles. The molecule has 1 aromatic carbocycles. The van der Waals surface area contributed by atoms with Gasteiger partial charge in [-0.25, -0.2) is 4.79 Å². The van der Waals surface area contributed by atoms with Gasteiger partial charge in [0.25, 0.3) is 0 Å². The Kier molecular flexibility index (Phi) is 7.38. The van der Waals surface area contributed by atoms with Gasteiger partial charge in [-0.1, -0.05) is 33.6 Å². The summed E-state index contributed by atoms with van der Waals surface area (Å²) < 4.78 is 10.9. The fraction of sp³-hybridized carbons (Fsp3) is 0.462. The Morgan fingerprint density at radius 1 is 1.53 bits per heavy atom. The summed E-state index contributed by atoms with van der Waals surface area (Å²) in [5.41, 5.74) is 0.694. The Morgan fingerprint density at radius 2 is 2.26 bits per heavy atom. The first-order valence-corrected chi connectivity index (χ1v) is 7.11. The Labute approximate surface area is 126 Å². The predicted molar refractivity (Wildman–Crippen MR) is 78.4 cm³/mol. The summed E-state index contributed by atoms with van der Waals surface area (Å²) in [4.78, 5) is 12.0. The lowest BCUT2D eigenvalue weighted by Crippen LogP contribution is -2.32. The third-order valence-electron chi connectivity index (χ3n) is 2.45. The molecule has 19 heavy (non-hydrogen) atoms. The van der Waals surface area contributed by atoms with E-state index in [4.69, 9.17) is 21.1 Å². The molecule has 0 bridgehead atoms. The third-order valence-corrected chi connectivity index (χ3v) is 3.27. The van der Waals surface area contributed by atoms with Crippen LogP contribution >= 0.6 is 27.5 Å². The van der Waals surface area contributed by atoms with E-state index in [-0.39, 0.29) is 5.97 Å². The summed E-state index contributed by atoms with van der Waals surface area (Å²) in [7, 11) is 1.60. The van der Waals surface area contributed by atoms with E-state index in [0.717, 1.165) is 4.47 Å². The van der Waals surface area contributed by atoms with Gasteiger partial charge in [-0.2, -0.15) is 0 Å². The maximum Gasteiger partial charge on any atom is 0.327 e. The highest BCUT2D eigenvalue weighted by Crippen LogP contribution is 2.27. The molecule has 0 amide bonds. The molecular weight excluding hydrogens is 334 g/mol. The molecule has 4 nitrogen and oxygen atoms in total. The van der Waals surface area contributed by atoms with Crippen LogP contribution in [0.2, 0.25) is 5.02 Å². The summed E-state index contributed by atoms with van der Waals surface area (Å²) >= 11 is 9.51. The van der Waals surface area contributed by atoms with Crippen molar-refractivity contribution >= 4 is 33.5 Å². The third kappa shape index (κ3) is 5.10. The van der Waals surface area contributed by atoms with Crippen LogP contribution in [-0.2, 0) is 14.3 Å². The van der Waals surface area contributed by atoms with Crippen molar-refractivity contribution in [1.82, 2.24) is 5.32 Å². The van der Waals surface area contributed by atoms with E-state index >= 15 is 0 Å². The molecule has 0 saturated heterocycles. The van der Waals surface area contributed by atoms with Gasteiger partial charge in [0.15, 0.2) is 0 Å². The van der Waals surface area contributed by atoms with E-state index in [1.165, 1.54) is 0 Å². The number of methoxy groups -OCH3 is 1. The van der Waals surface area contributed by atoms with Crippen molar-refractivity contribution < 1.29 is 14.3 Å². The Balaban J connectivity index is 2.90. The van der Waals surface area contributed by atoms with Gasteiger partial charge in [0.1, 0.15) is 6.04 Å². The van der Waals surface area contributed by atoms with Gasteiger partial charge in [-0.3, -0.25) is 5.32 Å². The second-order valence-electron chi connectivity index (χ2n) is 3.80. The lowest BCUT2D eigenvalue weighted by molar-refractivity contribution is -0.145. The zero-order valence-electron chi connectivity index (χ0n) is 10.9. The number of ether oxygens (including phenoxy) is 2. The van der Waals surface area contributed by atoms with E-state index in [0.29, 0.717) is 30.3 Å². The molecule has 0 aromatic heterocycles. The normalized spacial score (nSPS) is 12.2. The monoisotopic (exact) mass is 349 g/mol. The molecule has 1 rings (SSSR count). The van der Waals surface area contributed by atoms with Crippen LogP contribution in [-0.4, -0.2) is 32.8 Å². The van der Waals surface area contributed by atoms with Crippen molar-refractivity contribution in [3.05, 3.63) is 33.3 Å². The van der Waals surface area contributed by atoms with Gasteiger partial charge in [-0.05, 0) is 24.6 Å². The zero-order valence-corrected chi connectivity index (χ0v) is 13.3. The minimum atomic E-state index is -0.587. The highest BCUT2D eigenvalue weighted by molar-refractivity contribution is 9.10. The summed E-state index contributed by atoms with van der Waals surface area (Å²) in [6, 6.07) is 4.80. The van der Waals surface area contributed by atoms with Crippen LogP contribution in [0.1, 0.15) is 18.5 Å². The highest BCUT2D eigenvalue weighted by atomic mass is 79.9. The average Bonchev–Trinajstić information content (AvgIpc) is 2.36. The SMILES string of the molecule is CCOC(=O)C(NCCOC)c1ccc(Br)cc1Cl. The van der Waals surface area contributed by atoms with Crippen LogP contribution < -0.4 is 5.32 Å². The van der Waals surface area contributed by atoms with E-state index < -0.39 is 6.04 Å². The van der Waals surface area contributed by atoms with Crippen molar-refractivity contribution in [2.75, 3.05) is 26.9 Å². The fourth-order valence-corrected chi connectivity index (χ4v) is 2.37. The van der Waals surface area contributed by atoms with Gasteiger partial charge in [-0.15, -0.1) is 0 Å². The quantitative estimate of drug-likeness (QED) is 0.607. The first kappa shape index (κ1) is 16.4. The van der Waals surface area contributed by atoms with Gasteiger partial charge in [0, 0.05) is 23.1 Å². The van der Waals surface area contributed by atoms with Crippen molar-refractivity contribution in [3.8, 4) is 0 Å². The highest BCUT2D eigenvalue weighted by Gasteiger charge is 2.23. The standard InChI is InChI=1S/C13H17BrClNO3/c1-3-19-13(17)12(16-6-7-18-2)10-5-4-9(14)8-11(10)15/h4-5,8,12,16H,3,6-7H2,1-2H3. The molecule has 1 unspecified atom stereocenters. The topological polar surface area (TPSA) is 47.6 Å². The fourth-order valence-electron chi connectivity index (χ4n) is 1.59. The van der Waals surface area contributed by atoms with E-state index in [2.05, 4.69) is 21.2 Å². The van der Waals surface area contributed by atoms with Crippen molar-refractivity contribution in [3.63, 3.8) is 0 Å². The molecule has 1 N–H and O–H groups in total. The van der Waals surface area contributed by atoms with E-state index in [1.54, 1.807) is 26.2 Å². The number of hydrogen-bond acceptors (Lipinski definition) is 4. The Morgan fingerprint density at radius 3 is 2.84 bits per heavy atom. The Bertz CT molecular complexity index is 428. The van der Waals surface area contributed by atoms with Crippen molar-refractivity contribution in [2.45, 2.75) is 13.0 Å². The van der Waals surface area contributed by atoms with Crippen LogP contribution in [0.3, 0.4) is 0 Å². The number of halogens is 2. The van der Waals surface area contributed by atoms with Gasteiger partial charge >= 0.3 is 5.97 Å². The number of carbonyl (C=O) groups excluding carboxylic acids is 1. The maximum absolute atomic E-state index is 12.0. The van der Waals surface area contributed by atoms with E-state index in [9.17, 15) is 4.79 Å². The molecule has 0 saturated carbocycles. The van der Waals surface area contributed by atoms with Gasteiger partial charge < -0.3 is 9.47 Å². The molecule has 0 aliphatic rings. The maximum atomic E-state index is 12.0. The second kappa shape index (κ2) is 8.53. The van der Waals surface area contributed by atoms with Crippen LogP contribution in [0, 0.1) is 0 Å². The summed E-state index contributed by atoms with van der Waals surface area (Å²) in [6.07, 6.45) is 0. The molecule has 1 atom stereocenters. The number of carbonyl (C=O) groups is 1. The lowest BCUT2D eigenvalue weighted by Gasteiger charge is -2.18. The van der Waals surface area contributed by atoms with Crippen LogP contribution in [0.25, 0.3) is 0 Å². The molecule has 0 fully saturated rings. The van der Waals surface area contributed by atoms with Gasteiger partial charge in [0.2, 0.25) is 0 Å². The molecule has 0 spiro atoms. The number of esters is 1. The summed E-state index contributed by atoms with van der Waals surface area (Å²) in [5, 5.41) is 3.59. The molecule has 1 aromatic rings. The van der Waals surface area contributed by atoms with Crippen LogP contribution in [0.15, 0.2) is 22.7 Å². The first-order valence-electron chi connectivity index (χ1n) is 5.94. The molecule has 0 aliphatic carbocycles. The molecule has 106 valence electrons.